The summed E-state index contributed by atoms with van der Waals surface area (Å²) in [4.78, 5) is 23.8. The molecule has 0 aliphatic rings. The van der Waals surface area contributed by atoms with E-state index in [1.165, 1.54) is 7.11 Å². The molecule has 2 aromatic carbocycles. The number of ether oxygens (including phenoxy) is 1. The fraction of sp³-hybridized carbons (Fsp3) is 0.158. The summed E-state index contributed by atoms with van der Waals surface area (Å²) in [6.07, 6.45) is 0.703. The second-order valence-corrected chi connectivity index (χ2v) is 5.24. The molecule has 3 rings (SSSR count). The molecular weight excluding hydrogens is 306 g/mol. The van der Waals surface area contributed by atoms with Crippen LogP contribution in [0.1, 0.15) is 27.6 Å². The van der Waals surface area contributed by atoms with Crippen LogP contribution in [0.5, 0.6) is 5.75 Å². The molecule has 3 aromatic rings. The number of hydrogen-bond donors (Lipinski definition) is 1. The zero-order chi connectivity index (χ0) is 17.1. The van der Waals surface area contributed by atoms with E-state index in [-0.39, 0.29) is 5.91 Å². The summed E-state index contributed by atoms with van der Waals surface area (Å²) >= 11 is 0. The molecule has 1 aromatic heterocycles. The van der Waals surface area contributed by atoms with E-state index in [0.29, 0.717) is 46.4 Å². The minimum Gasteiger partial charge on any atom is -0.496 e. The Morgan fingerprint density at radius 3 is 2.62 bits per heavy atom. The summed E-state index contributed by atoms with van der Waals surface area (Å²) in [5.41, 5.74) is 2.08. The lowest BCUT2D eigenvalue weighted by molar-refractivity contribution is 0.0957. The van der Waals surface area contributed by atoms with Crippen molar-refractivity contribution in [2.24, 2.45) is 0 Å². The molecule has 0 spiro atoms. The van der Waals surface area contributed by atoms with E-state index in [1.54, 1.807) is 12.1 Å². The van der Waals surface area contributed by atoms with Crippen LogP contribution in [-0.4, -0.2) is 25.8 Å². The maximum absolute atomic E-state index is 12.6. The van der Waals surface area contributed by atoms with Gasteiger partial charge in [0.15, 0.2) is 6.29 Å². The fourth-order valence-electron chi connectivity index (χ4n) is 2.67. The van der Waals surface area contributed by atoms with E-state index >= 15 is 0 Å². The van der Waals surface area contributed by atoms with E-state index in [1.807, 2.05) is 37.3 Å². The van der Waals surface area contributed by atoms with Crippen molar-refractivity contribution in [1.82, 2.24) is 5.32 Å². The number of amides is 1. The Hall–Kier alpha value is -3.08. The van der Waals surface area contributed by atoms with Gasteiger partial charge in [-0.15, -0.1) is 0 Å². The van der Waals surface area contributed by atoms with Crippen molar-refractivity contribution in [2.45, 2.75) is 6.92 Å². The Labute approximate surface area is 139 Å². The Kier molecular flexibility index (Phi) is 4.33. The third-order valence-electron chi connectivity index (χ3n) is 3.77. The first-order valence-corrected chi connectivity index (χ1v) is 7.63. The summed E-state index contributed by atoms with van der Waals surface area (Å²) in [5.74, 6) is 0.654. The van der Waals surface area contributed by atoms with Crippen LogP contribution in [0.3, 0.4) is 0 Å². The van der Waals surface area contributed by atoms with Crippen molar-refractivity contribution < 1.29 is 18.7 Å². The van der Waals surface area contributed by atoms with Gasteiger partial charge in [0.2, 0.25) is 0 Å². The summed E-state index contributed by atoms with van der Waals surface area (Å²) in [6, 6.07) is 12.7. The lowest BCUT2D eigenvalue weighted by Crippen LogP contribution is -2.22. The first-order chi connectivity index (χ1) is 11.7. The van der Waals surface area contributed by atoms with Crippen LogP contribution >= 0.6 is 0 Å². The highest BCUT2D eigenvalue weighted by Crippen LogP contribution is 2.36. The average Bonchev–Trinajstić information content (AvgIpc) is 2.99. The predicted molar refractivity (Wildman–Crippen MR) is 91.6 cm³/mol. The fourth-order valence-corrected chi connectivity index (χ4v) is 2.67. The van der Waals surface area contributed by atoms with Gasteiger partial charge in [0.1, 0.15) is 17.1 Å². The highest BCUT2D eigenvalue weighted by Gasteiger charge is 2.23. The van der Waals surface area contributed by atoms with Crippen LogP contribution in [-0.2, 0) is 0 Å². The van der Waals surface area contributed by atoms with Gasteiger partial charge in [-0.3, -0.25) is 9.59 Å². The second-order valence-electron chi connectivity index (χ2n) is 5.24. The maximum Gasteiger partial charge on any atom is 0.255 e. The van der Waals surface area contributed by atoms with E-state index in [0.717, 1.165) is 5.56 Å². The number of fused-ring (bicyclic) bond motifs is 1. The van der Waals surface area contributed by atoms with Crippen molar-refractivity contribution in [3.8, 4) is 17.1 Å². The van der Waals surface area contributed by atoms with Gasteiger partial charge in [-0.25, -0.2) is 0 Å². The number of hydrogen-bond acceptors (Lipinski definition) is 4. The van der Waals surface area contributed by atoms with Crippen molar-refractivity contribution in [3.05, 3.63) is 53.6 Å². The molecule has 0 aliphatic carbocycles. The number of carbonyl (C=O) groups is 2. The SMILES string of the molecule is CCNC(=O)c1c(-c2ccccc2)oc2cc(C=O)c(OC)cc12. The largest absolute Gasteiger partial charge is 0.496 e. The molecule has 1 heterocycles. The second kappa shape index (κ2) is 6.58. The smallest absolute Gasteiger partial charge is 0.255 e. The first kappa shape index (κ1) is 15.8. The molecule has 0 radical (unpaired) electrons. The third kappa shape index (κ3) is 2.65. The van der Waals surface area contributed by atoms with Gasteiger partial charge in [0, 0.05) is 17.5 Å². The Morgan fingerprint density at radius 2 is 2.00 bits per heavy atom. The molecule has 1 N–H and O–H groups in total. The average molecular weight is 323 g/mol. The minimum absolute atomic E-state index is 0.226. The van der Waals surface area contributed by atoms with Crippen LogP contribution in [0, 0.1) is 0 Å². The summed E-state index contributed by atoms with van der Waals surface area (Å²) in [7, 11) is 1.48. The molecule has 0 saturated carbocycles. The molecule has 0 atom stereocenters. The van der Waals surface area contributed by atoms with Gasteiger partial charge < -0.3 is 14.5 Å². The lowest BCUT2D eigenvalue weighted by atomic mass is 10.0. The van der Waals surface area contributed by atoms with Crippen LogP contribution in [0.2, 0.25) is 0 Å². The third-order valence-corrected chi connectivity index (χ3v) is 3.77. The zero-order valence-electron chi connectivity index (χ0n) is 13.5. The number of aldehydes is 1. The van der Waals surface area contributed by atoms with Crippen molar-refractivity contribution in [1.29, 1.82) is 0 Å². The summed E-state index contributed by atoms with van der Waals surface area (Å²) in [6.45, 7) is 2.36. The molecule has 0 unspecified atom stereocenters. The number of carbonyl (C=O) groups excluding carboxylic acids is 2. The molecule has 0 aliphatic heterocycles. The topological polar surface area (TPSA) is 68.5 Å². The van der Waals surface area contributed by atoms with E-state index < -0.39 is 0 Å². The predicted octanol–water partition coefficient (Wildman–Crippen LogP) is 3.67. The number of rotatable bonds is 5. The van der Waals surface area contributed by atoms with Gasteiger partial charge >= 0.3 is 0 Å². The van der Waals surface area contributed by atoms with Crippen molar-refractivity contribution in [3.63, 3.8) is 0 Å². The van der Waals surface area contributed by atoms with E-state index in [4.69, 9.17) is 9.15 Å². The zero-order valence-corrected chi connectivity index (χ0v) is 13.5. The van der Waals surface area contributed by atoms with Gasteiger partial charge in [0.25, 0.3) is 5.91 Å². The normalized spacial score (nSPS) is 10.6. The van der Waals surface area contributed by atoms with Crippen LogP contribution in [0.4, 0.5) is 0 Å². The van der Waals surface area contributed by atoms with Crippen LogP contribution in [0.15, 0.2) is 46.9 Å². The molecule has 0 saturated heterocycles. The van der Waals surface area contributed by atoms with E-state index in [9.17, 15) is 9.59 Å². The summed E-state index contributed by atoms with van der Waals surface area (Å²) < 4.78 is 11.2. The molecular formula is C19H17NO4. The molecule has 1 amide bonds. The lowest BCUT2D eigenvalue weighted by Gasteiger charge is -2.05. The summed E-state index contributed by atoms with van der Waals surface area (Å²) in [5, 5.41) is 3.42. The van der Waals surface area contributed by atoms with Gasteiger partial charge in [-0.05, 0) is 19.1 Å². The Bertz CT molecular complexity index is 897. The van der Waals surface area contributed by atoms with Crippen molar-refractivity contribution in [2.75, 3.05) is 13.7 Å². The van der Waals surface area contributed by atoms with Crippen molar-refractivity contribution >= 4 is 23.2 Å². The number of nitrogens with one attached hydrogen (secondary N) is 1. The molecule has 5 nitrogen and oxygen atoms in total. The van der Waals surface area contributed by atoms with Gasteiger partial charge in [0.05, 0.1) is 18.2 Å². The van der Waals surface area contributed by atoms with E-state index in [2.05, 4.69) is 5.32 Å². The number of furan rings is 1. The minimum atomic E-state index is -0.226. The molecule has 24 heavy (non-hydrogen) atoms. The first-order valence-electron chi connectivity index (χ1n) is 7.63. The Balaban J connectivity index is 2.32. The highest BCUT2D eigenvalue weighted by molar-refractivity contribution is 6.12. The molecule has 0 bridgehead atoms. The van der Waals surface area contributed by atoms with Gasteiger partial charge in [-0.2, -0.15) is 0 Å². The molecule has 5 heteroatoms. The monoisotopic (exact) mass is 323 g/mol. The Morgan fingerprint density at radius 1 is 1.25 bits per heavy atom. The number of benzene rings is 2. The van der Waals surface area contributed by atoms with Crippen LogP contribution in [0.25, 0.3) is 22.3 Å². The maximum atomic E-state index is 12.6. The highest BCUT2D eigenvalue weighted by atomic mass is 16.5. The number of methoxy groups -OCH3 is 1. The van der Waals surface area contributed by atoms with Crippen LogP contribution < -0.4 is 10.1 Å². The van der Waals surface area contributed by atoms with Gasteiger partial charge in [-0.1, -0.05) is 30.3 Å². The molecule has 0 fully saturated rings. The quantitative estimate of drug-likeness (QED) is 0.727. The molecule has 122 valence electrons. The standard InChI is InChI=1S/C19H17NO4/c1-3-20-19(22)17-14-10-15(23-2)13(11-21)9-16(14)24-18(17)12-7-5-4-6-8-12/h4-11H,3H2,1-2H3,(H,20,22).